The molecule has 1 amide bonds. The number of hydrogen-bond acceptors (Lipinski definition) is 2. The molecule has 0 heterocycles. The van der Waals surface area contributed by atoms with Gasteiger partial charge in [-0.05, 0) is 0 Å². The summed E-state index contributed by atoms with van der Waals surface area (Å²) in [6.07, 6.45) is 4.16. The van der Waals surface area contributed by atoms with E-state index in [-0.39, 0.29) is 42.6 Å². The van der Waals surface area contributed by atoms with E-state index in [0.29, 0.717) is 22.1 Å². The van der Waals surface area contributed by atoms with Gasteiger partial charge in [-0.15, -0.1) is 0 Å². The molecule has 2 saturated carbocycles. The number of hydrogen-bond donors (Lipinski definition) is 1. The normalized spacial score (nSPS) is 30.9. The molecule has 3 rings (SSSR count). The first-order chi connectivity index (χ1) is 12.8. The summed E-state index contributed by atoms with van der Waals surface area (Å²) in [5.74, 6) is 1.03. The Balaban J connectivity index is 1.73. The molecular weight excluding hydrogens is 401 g/mol. The number of rotatable bonds is 7. The molecular formula is C23H33NO2Se. The fourth-order valence-electron chi connectivity index (χ4n) is 5.12. The quantitative estimate of drug-likeness (QED) is 0.620. The van der Waals surface area contributed by atoms with Crippen LogP contribution in [-0.2, 0) is 4.79 Å². The van der Waals surface area contributed by atoms with Crippen molar-refractivity contribution in [2.45, 2.75) is 76.0 Å². The van der Waals surface area contributed by atoms with Crippen molar-refractivity contribution in [3.05, 3.63) is 35.9 Å². The van der Waals surface area contributed by atoms with Gasteiger partial charge in [-0.2, -0.15) is 0 Å². The van der Waals surface area contributed by atoms with Gasteiger partial charge in [-0.3, -0.25) is 0 Å². The van der Waals surface area contributed by atoms with Crippen LogP contribution in [0.25, 0.3) is 0 Å². The Bertz CT molecular complexity index is 702. The number of carbonyl (C=O) groups excluding carboxylic acids is 2. The maximum atomic E-state index is 13.2. The molecule has 1 aromatic carbocycles. The molecule has 0 saturated heterocycles. The summed E-state index contributed by atoms with van der Waals surface area (Å²) in [5, 5.41) is 3.26. The van der Waals surface area contributed by atoms with E-state index < -0.39 is 0 Å². The molecule has 0 aromatic heterocycles. The van der Waals surface area contributed by atoms with Crippen LogP contribution in [0, 0.1) is 16.7 Å². The summed E-state index contributed by atoms with van der Waals surface area (Å²) in [5.41, 5.74) is 0.684. The van der Waals surface area contributed by atoms with Crippen LogP contribution in [0.2, 0.25) is 9.63 Å². The number of nitrogens with one attached hydrogen (secondary N) is 1. The van der Waals surface area contributed by atoms with Crippen LogP contribution in [0.15, 0.2) is 30.3 Å². The molecule has 1 N–H and O–H groups in total. The zero-order valence-electron chi connectivity index (χ0n) is 17.2. The number of amides is 1. The van der Waals surface area contributed by atoms with E-state index in [1.165, 1.54) is 6.42 Å². The SMILES string of the molecule is CC[C@H]([Se][C@@H]1C(=O)[C@]2(C)CC[C@H]1C2(C)C)[C@@H](CC)NC(=O)c1ccccc1. The molecule has 0 aliphatic heterocycles. The molecule has 5 atom stereocenters. The Morgan fingerprint density at radius 3 is 2.37 bits per heavy atom. The fourth-order valence-corrected chi connectivity index (χ4v) is 9.46. The molecule has 148 valence electrons. The summed E-state index contributed by atoms with van der Waals surface area (Å²) >= 11 is 0.219. The first-order valence-electron chi connectivity index (χ1n) is 10.3. The Hall–Kier alpha value is -1.12. The average Bonchev–Trinajstić information content (AvgIpc) is 2.98. The second-order valence-electron chi connectivity index (χ2n) is 8.92. The molecule has 4 heteroatoms. The predicted molar refractivity (Wildman–Crippen MR) is 111 cm³/mol. The van der Waals surface area contributed by atoms with Gasteiger partial charge >= 0.3 is 170 Å². The molecule has 2 fully saturated rings. The minimum absolute atomic E-state index is 0.00302. The van der Waals surface area contributed by atoms with Gasteiger partial charge < -0.3 is 0 Å². The van der Waals surface area contributed by atoms with Gasteiger partial charge in [0.05, 0.1) is 0 Å². The second-order valence-corrected chi connectivity index (χ2v) is 11.8. The summed E-state index contributed by atoms with van der Waals surface area (Å²) in [6.45, 7) is 11.1. The van der Waals surface area contributed by atoms with Gasteiger partial charge in [0, 0.05) is 0 Å². The molecule has 2 aliphatic carbocycles. The predicted octanol–water partition coefficient (Wildman–Crippen LogP) is 4.91. The van der Waals surface area contributed by atoms with Crippen molar-refractivity contribution in [2.75, 3.05) is 0 Å². The molecule has 0 spiro atoms. The number of carbonyl (C=O) groups is 2. The van der Waals surface area contributed by atoms with Gasteiger partial charge in [0.2, 0.25) is 0 Å². The van der Waals surface area contributed by atoms with Crippen molar-refractivity contribution < 1.29 is 9.59 Å². The third-order valence-electron chi connectivity index (χ3n) is 7.44. The minimum atomic E-state index is -0.141. The average molecular weight is 434 g/mol. The van der Waals surface area contributed by atoms with E-state index in [2.05, 4.69) is 39.9 Å². The summed E-state index contributed by atoms with van der Waals surface area (Å²) in [4.78, 5) is 26.5. The molecule has 2 aliphatic rings. The van der Waals surface area contributed by atoms with E-state index >= 15 is 0 Å². The Morgan fingerprint density at radius 1 is 1.19 bits per heavy atom. The summed E-state index contributed by atoms with van der Waals surface area (Å²) in [7, 11) is 0. The van der Waals surface area contributed by atoms with Crippen LogP contribution < -0.4 is 5.32 Å². The molecule has 3 nitrogen and oxygen atoms in total. The standard InChI is InChI=1S/C23H33NO2Se/c1-6-17(24-21(26)15-11-9-8-10-12-15)18(7-2)27-19-16-13-14-23(5,20(19)25)22(16,3)4/h8-12,16-19H,6-7,13-14H2,1-5H3,(H,24,26)/t16-,17-,18+,19+,23+/m1/s1. The zero-order valence-corrected chi connectivity index (χ0v) is 19.0. The number of benzene rings is 1. The van der Waals surface area contributed by atoms with Crippen LogP contribution in [0.3, 0.4) is 0 Å². The van der Waals surface area contributed by atoms with Gasteiger partial charge in [-0.25, -0.2) is 0 Å². The van der Waals surface area contributed by atoms with Crippen molar-refractivity contribution in [3.63, 3.8) is 0 Å². The van der Waals surface area contributed by atoms with Crippen LogP contribution in [0.1, 0.15) is 70.7 Å². The van der Waals surface area contributed by atoms with Crippen molar-refractivity contribution >= 4 is 26.6 Å². The molecule has 0 unspecified atom stereocenters. The van der Waals surface area contributed by atoms with Crippen LogP contribution in [-0.4, -0.2) is 32.7 Å². The van der Waals surface area contributed by atoms with Crippen LogP contribution in [0.4, 0.5) is 0 Å². The number of ketones is 1. The Labute approximate surface area is 170 Å². The van der Waals surface area contributed by atoms with Gasteiger partial charge in [0.25, 0.3) is 0 Å². The van der Waals surface area contributed by atoms with E-state index in [4.69, 9.17) is 0 Å². The van der Waals surface area contributed by atoms with E-state index in [9.17, 15) is 9.59 Å². The molecule has 2 bridgehead atoms. The number of fused-ring (bicyclic) bond motifs is 2. The summed E-state index contributed by atoms with van der Waals surface area (Å²) < 4.78 is 0. The maximum absolute atomic E-state index is 13.2. The molecule has 0 radical (unpaired) electrons. The van der Waals surface area contributed by atoms with E-state index in [1.54, 1.807) is 0 Å². The van der Waals surface area contributed by atoms with Gasteiger partial charge in [0.1, 0.15) is 0 Å². The summed E-state index contributed by atoms with van der Waals surface area (Å²) in [6, 6.07) is 9.58. The third kappa shape index (κ3) is 3.40. The van der Waals surface area contributed by atoms with Gasteiger partial charge in [-0.1, -0.05) is 0 Å². The van der Waals surface area contributed by atoms with E-state index in [0.717, 1.165) is 19.3 Å². The van der Waals surface area contributed by atoms with Crippen molar-refractivity contribution in [3.8, 4) is 0 Å². The van der Waals surface area contributed by atoms with Crippen LogP contribution in [0.5, 0.6) is 0 Å². The van der Waals surface area contributed by atoms with Crippen LogP contribution >= 0.6 is 0 Å². The second kappa shape index (κ2) is 7.72. The first-order valence-corrected chi connectivity index (χ1v) is 12.3. The van der Waals surface area contributed by atoms with E-state index in [1.807, 2.05) is 30.3 Å². The molecule has 1 aromatic rings. The van der Waals surface area contributed by atoms with Crippen molar-refractivity contribution in [2.24, 2.45) is 16.7 Å². The Morgan fingerprint density at radius 2 is 1.85 bits per heavy atom. The topological polar surface area (TPSA) is 46.2 Å². The number of Topliss-reactive ketones (excluding diaryl/α,β-unsaturated/α-hetero) is 1. The Kier molecular flexibility index (Phi) is 5.89. The van der Waals surface area contributed by atoms with Crippen molar-refractivity contribution in [1.82, 2.24) is 5.32 Å². The fraction of sp³-hybridized carbons (Fsp3) is 0.652. The molecule has 27 heavy (non-hydrogen) atoms. The first kappa shape index (κ1) is 20.6. The van der Waals surface area contributed by atoms with Crippen molar-refractivity contribution in [1.29, 1.82) is 0 Å². The monoisotopic (exact) mass is 435 g/mol. The zero-order chi connectivity index (χ0) is 19.8. The third-order valence-corrected chi connectivity index (χ3v) is 11.3. The van der Waals surface area contributed by atoms with Gasteiger partial charge in [0.15, 0.2) is 0 Å².